The second-order valence-electron chi connectivity index (χ2n) is 9.51. The molecule has 3 rings (SSSR count). The van der Waals surface area contributed by atoms with E-state index in [4.69, 9.17) is 4.74 Å². The van der Waals surface area contributed by atoms with Crippen LogP contribution in [0.25, 0.3) is 6.08 Å². The summed E-state index contributed by atoms with van der Waals surface area (Å²) < 4.78 is 6.01. The Kier molecular flexibility index (Phi) is 9.22. The Hall–Kier alpha value is -2.73. The standard InChI is InChI=1S/C28H36N2O3S/c1-5-6-16-34-17-10-15-29-26(31)20-30-23-19-22(28(2,3)4)13-14-24(23)33-25(27(30)32)18-21-11-8-7-9-12-21/h7-9,11-14,18-19H,5-6,10,15-17,20H2,1-4H3,(H,29,31). The highest BCUT2D eigenvalue weighted by Gasteiger charge is 2.33. The lowest BCUT2D eigenvalue weighted by molar-refractivity contribution is -0.123. The lowest BCUT2D eigenvalue weighted by Crippen LogP contribution is -2.44. The highest BCUT2D eigenvalue weighted by atomic mass is 32.2. The Morgan fingerprint density at radius 2 is 1.82 bits per heavy atom. The van der Waals surface area contributed by atoms with Gasteiger partial charge in [-0.15, -0.1) is 0 Å². The van der Waals surface area contributed by atoms with Gasteiger partial charge in [0.15, 0.2) is 11.5 Å². The van der Waals surface area contributed by atoms with Crippen LogP contribution in [-0.2, 0) is 15.0 Å². The zero-order chi connectivity index (χ0) is 24.6. The monoisotopic (exact) mass is 480 g/mol. The first-order valence-corrected chi connectivity index (χ1v) is 13.2. The van der Waals surface area contributed by atoms with Crippen LogP contribution in [0, 0.1) is 0 Å². The van der Waals surface area contributed by atoms with Gasteiger partial charge in [-0.3, -0.25) is 14.5 Å². The van der Waals surface area contributed by atoms with E-state index in [0.29, 0.717) is 18.0 Å². The first-order chi connectivity index (χ1) is 16.3. The minimum atomic E-state index is -0.312. The molecular weight excluding hydrogens is 444 g/mol. The molecule has 34 heavy (non-hydrogen) atoms. The van der Waals surface area contributed by atoms with Gasteiger partial charge in [0.1, 0.15) is 6.54 Å². The molecule has 0 fully saturated rings. The number of nitrogens with one attached hydrogen (secondary N) is 1. The SMILES string of the molecule is CCCCSCCCNC(=O)CN1C(=O)C(=Cc2ccccc2)Oc2ccc(C(C)(C)C)cc21. The lowest BCUT2D eigenvalue weighted by atomic mass is 9.86. The fourth-order valence-electron chi connectivity index (χ4n) is 3.58. The largest absolute Gasteiger partial charge is 0.449 e. The van der Waals surface area contributed by atoms with E-state index >= 15 is 0 Å². The second kappa shape index (κ2) is 12.1. The Morgan fingerprint density at radius 1 is 1.09 bits per heavy atom. The van der Waals surface area contributed by atoms with Gasteiger partial charge in [0.25, 0.3) is 5.91 Å². The number of nitrogens with zero attached hydrogens (tertiary/aromatic N) is 1. The zero-order valence-corrected chi connectivity index (χ0v) is 21.5. The summed E-state index contributed by atoms with van der Waals surface area (Å²) in [6.45, 7) is 9.12. The zero-order valence-electron chi connectivity index (χ0n) is 20.7. The van der Waals surface area contributed by atoms with E-state index in [2.05, 4.69) is 33.0 Å². The lowest BCUT2D eigenvalue weighted by Gasteiger charge is -2.32. The molecule has 0 spiro atoms. The van der Waals surface area contributed by atoms with Crippen LogP contribution >= 0.6 is 11.8 Å². The van der Waals surface area contributed by atoms with Gasteiger partial charge < -0.3 is 10.1 Å². The molecule has 1 N–H and O–H groups in total. The van der Waals surface area contributed by atoms with E-state index < -0.39 is 0 Å². The molecule has 1 aliphatic heterocycles. The van der Waals surface area contributed by atoms with Crippen LogP contribution in [0.5, 0.6) is 5.75 Å². The number of anilines is 1. The van der Waals surface area contributed by atoms with Crippen molar-refractivity contribution in [2.45, 2.75) is 52.4 Å². The predicted octanol–water partition coefficient (Wildman–Crippen LogP) is 5.79. The quantitative estimate of drug-likeness (QED) is 0.345. The molecule has 0 aromatic heterocycles. The third-order valence-corrected chi connectivity index (χ3v) is 6.78. The Bertz CT molecular complexity index is 1010. The fourth-order valence-corrected chi connectivity index (χ4v) is 4.63. The molecule has 2 aromatic rings. The van der Waals surface area contributed by atoms with Crippen LogP contribution in [0.3, 0.4) is 0 Å². The number of unbranched alkanes of at least 4 members (excludes halogenated alkanes) is 1. The molecule has 0 bridgehead atoms. The van der Waals surface area contributed by atoms with E-state index in [1.165, 1.54) is 17.7 Å². The van der Waals surface area contributed by atoms with Crippen molar-refractivity contribution in [3.63, 3.8) is 0 Å². The summed E-state index contributed by atoms with van der Waals surface area (Å²) in [5.74, 6) is 2.50. The third kappa shape index (κ3) is 7.13. The normalized spacial score (nSPS) is 14.6. The highest BCUT2D eigenvalue weighted by molar-refractivity contribution is 7.99. The predicted molar refractivity (Wildman–Crippen MR) is 142 cm³/mol. The molecule has 0 radical (unpaired) electrons. The molecule has 0 unspecified atom stereocenters. The van der Waals surface area contributed by atoms with Crippen molar-refractivity contribution in [2.75, 3.05) is 29.5 Å². The van der Waals surface area contributed by atoms with Crippen molar-refractivity contribution >= 4 is 35.3 Å². The van der Waals surface area contributed by atoms with Crippen molar-refractivity contribution < 1.29 is 14.3 Å². The molecule has 0 saturated heterocycles. The number of benzene rings is 2. The molecule has 1 heterocycles. The molecule has 6 heteroatoms. The van der Waals surface area contributed by atoms with Crippen LogP contribution < -0.4 is 15.0 Å². The summed E-state index contributed by atoms with van der Waals surface area (Å²) in [4.78, 5) is 27.7. The van der Waals surface area contributed by atoms with Gasteiger partial charge in [-0.25, -0.2) is 0 Å². The average Bonchev–Trinajstić information content (AvgIpc) is 2.81. The van der Waals surface area contributed by atoms with Gasteiger partial charge in [-0.2, -0.15) is 11.8 Å². The maximum absolute atomic E-state index is 13.4. The first kappa shape index (κ1) is 25.9. The molecule has 1 aliphatic rings. The number of carbonyl (C=O) groups is 2. The summed E-state index contributed by atoms with van der Waals surface area (Å²) in [6, 6.07) is 15.4. The van der Waals surface area contributed by atoms with E-state index in [0.717, 1.165) is 29.1 Å². The topological polar surface area (TPSA) is 58.6 Å². The smallest absolute Gasteiger partial charge is 0.294 e. The van der Waals surface area contributed by atoms with Crippen LogP contribution in [0.15, 0.2) is 54.3 Å². The number of ether oxygens (including phenoxy) is 1. The van der Waals surface area contributed by atoms with Crippen LogP contribution in [-0.4, -0.2) is 36.4 Å². The van der Waals surface area contributed by atoms with E-state index in [9.17, 15) is 9.59 Å². The van der Waals surface area contributed by atoms with Gasteiger partial charge in [-0.1, -0.05) is 70.5 Å². The summed E-state index contributed by atoms with van der Waals surface area (Å²) in [6.07, 6.45) is 5.07. The van der Waals surface area contributed by atoms with Crippen LogP contribution in [0.4, 0.5) is 5.69 Å². The third-order valence-electron chi connectivity index (χ3n) is 5.62. The minimum absolute atomic E-state index is 0.0438. The van der Waals surface area contributed by atoms with E-state index in [-0.39, 0.29) is 29.5 Å². The van der Waals surface area contributed by atoms with Crippen molar-refractivity contribution in [3.05, 3.63) is 65.4 Å². The summed E-state index contributed by atoms with van der Waals surface area (Å²) in [5, 5.41) is 2.98. The summed E-state index contributed by atoms with van der Waals surface area (Å²) >= 11 is 1.92. The maximum atomic E-state index is 13.4. The summed E-state index contributed by atoms with van der Waals surface area (Å²) in [7, 11) is 0. The molecular formula is C28H36N2O3S. The van der Waals surface area contributed by atoms with Gasteiger partial charge in [0, 0.05) is 6.54 Å². The van der Waals surface area contributed by atoms with Crippen LogP contribution in [0.1, 0.15) is 58.1 Å². The van der Waals surface area contributed by atoms with Gasteiger partial charge in [-0.05, 0) is 59.1 Å². The number of hydrogen-bond acceptors (Lipinski definition) is 4. The molecule has 0 aliphatic carbocycles. The van der Waals surface area contributed by atoms with Crippen molar-refractivity contribution in [1.29, 1.82) is 0 Å². The number of fused-ring (bicyclic) bond motifs is 1. The molecule has 2 aromatic carbocycles. The number of rotatable bonds is 10. The summed E-state index contributed by atoms with van der Waals surface area (Å²) in [5.41, 5.74) is 2.48. The minimum Gasteiger partial charge on any atom is -0.449 e. The molecule has 0 atom stereocenters. The van der Waals surface area contributed by atoms with Crippen molar-refractivity contribution in [3.8, 4) is 5.75 Å². The number of thioether (sulfide) groups is 1. The van der Waals surface area contributed by atoms with Crippen LogP contribution in [0.2, 0.25) is 0 Å². The molecule has 0 saturated carbocycles. The van der Waals surface area contributed by atoms with Crippen molar-refractivity contribution in [2.24, 2.45) is 0 Å². The van der Waals surface area contributed by atoms with Gasteiger partial charge in [0.05, 0.1) is 5.69 Å². The maximum Gasteiger partial charge on any atom is 0.294 e. The van der Waals surface area contributed by atoms with Gasteiger partial charge >= 0.3 is 0 Å². The average molecular weight is 481 g/mol. The molecule has 2 amide bonds. The second-order valence-corrected chi connectivity index (χ2v) is 10.7. The first-order valence-electron chi connectivity index (χ1n) is 12.0. The molecule has 5 nitrogen and oxygen atoms in total. The number of hydrogen-bond donors (Lipinski definition) is 1. The Labute approximate surface area is 208 Å². The molecule has 182 valence electrons. The number of amides is 2. The Morgan fingerprint density at radius 3 is 2.53 bits per heavy atom. The van der Waals surface area contributed by atoms with E-state index in [1.54, 1.807) is 6.08 Å². The van der Waals surface area contributed by atoms with Gasteiger partial charge in [0.2, 0.25) is 5.91 Å². The Balaban J connectivity index is 1.77. The van der Waals surface area contributed by atoms with E-state index in [1.807, 2.05) is 60.3 Å². The number of carbonyl (C=O) groups excluding carboxylic acids is 2. The highest BCUT2D eigenvalue weighted by Crippen LogP contribution is 2.39. The fraction of sp³-hybridized carbons (Fsp3) is 0.429. The van der Waals surface area contributed by atoms with Crippen molar-refractivity contribution in [1.82, 2.24) is 5.32 Å².